The largest absolute Gasteiger partial charge is 0.466 e. The minimum absolute atomic E-state index is 0.0862. The van der Waals surface area contributed by atoms with Crippen LogP contribution in [0.1, 0.15) is 23.8 Å². The number of amides is 1. The number of nitrogens with one attached hydrogen (secondary N) is 1. The third-order valence-corrected chi connectivity index (χ3v) is 2.53. The van der Waals surface area contributed by atoms with E-state index in [4.69, 9.17) is 9.47 Å². The monoisotopic (exact) mass is 297 g/mol. The molecule has 0 aliphatic rings. The predicted octanol–water partition coefficient (Wildman–Crippen LogP) is -0.427. The van der Waals surface area contributed by atoms with Crippen LogP contribution < -0.4 is 10.9 Å². The van der Waals surface area contributed by atoms with E-state index in [0.29, 0.717) is 13.2 Å². The highest BCUT2D eigenvalue weighted by molar-refractivity contribution is 5.92. The lowest BCUT2D eigenvalue weighted by molar-refractivity contribution is -0.142. The second-order valence-corrected chi connectivity index (χ2v) is 4.08. The van der Waals surface area contributed by atoms with Crippen LogP contribution in [0.4, 0.5) is 0 Å². The number of nitrogens with zero attached hydrogens (tertiary/aromatic N) is 2. The first-order valence-corrected chi connectivity index (χ1v) is 6.59. The number of methoxy groups -OCH3 is 1. The van der Waals surface area contributed by atoms with Gasteiger partial charge in [0.15, 0.2) is 0 Å². The number of ether oxygens (including phenoxy) is 2. The molecule has 0 fully saturated rings. The average molecular weight is 297 g/mol. The average Bonchev–Trinajstić information content (AvgIpc) is 2.46. The van der Waals surface area contributed by atoms with Crippen molar-refractivity contribution in [2.24, 2.45) is 0 Å². The molecule has 1 aromatic heterocycles. The summed E-state index contributed by atoms with van der Waals surface area (Å²) in [7, 11) is 1.51. The minimum atomic E-state index is -0.453. The Labute approximate surface area is 122 Å². The fourth-order valence-corrected chi connectivity index (χ4v) is 1.51. The lowest BCUT2D eigenvalue weighted by Crippen LogP contribution is -2.31. The summed E-state index contributed by atoms with van der Waals surface area (Å²) in [6.07, 6.45) is 0.0862. The van der Waals surface area contributed by atoms with Gasteiger partial charge >= 0.3 is 5.97 Å². The summed E-state index contributed by atoms with van der Waals surface area (Å²) in [5, 5.41) is 6.48. The molecular formula is C13H19N3O5. The van der Waals surface area contributed by atoms with Crippen LogP contribution in [0, 0.1) is 0 Å². The summed E-state index contributed by atoms with van der Waals surface area (Å²) < 4.78 is 10.8. The van der Waals surface area contributed by atoms with E-state index in [9.17, 15) is 14.4 Å². The second-order valence-electron chi connectivity index (χ2n) is 4.08. The van der Waals surface area contributed by atoms with Gasteiger partial charge in [0.1, 0.15) is 5.69 Å². The van der Waals surface area contributed by atoms with Crippen molar-refractivity contribution >= 4 is 11.9 Å². The van der Waals surface area contributed by atoms with Crippen molar-refractivity contribution in [1.29, 1.82) is 0 Å². The van der Waals surface area contributed by atoms with Gasteiger partial charge in [0.2, 0.25) is 0 Å². The number of carbonyl (C=O) groups is 2. The Kier molecular flexibility index (Phi) is 7.10. The molecule has 0 atom stereocenters. The third kappa shape index (κ3) is 5.74. The van der Waals surface area contributed by atoms with Crippen molar-refractivity contribution in [3.63, 3.8) is 0 Å². The third-order valence-electron chi connectivity index (χ3n) is 2.53. The maximum Gasteiger partial charge on any atom is 0.307 e. The summed E-state index contributed by atoms with van der Waals surface area (Å²) in [4.78, 5) is 34.5. The SMILES string of the molecule is CCOC(=O)CCNC(=O)c1ccc(=O)n(CCOC)n1. The number of carbonyl (C=O) groups excluding carboxylic acids is 2. The van der Waals surface area contributed by atoms with Crippen LogP contribution >= 0.6 is 0 Å². The summed E-state index contributed by atoms with van der Waals surface area (Å²) in [6.45, 7) is 2.75. The Balaban J connectivity index is 2.57. The van der Waals surface area contributed by atoms with Crippen LogP contribution in [-0.2, 0) is 20.8 Å². The van der Waals surface area contributed by atoms with Crippen molar-refractivity contribution < 1.29 is 19.1 Å². The quantitative estimate of drug-likeness (QED) is 0.654. The zero-order chi connectivity index (χ0) is 15.7. The summed E-state index contributed by atoms with van der Waals surface area (Å²) in [6, 6.07) is 2.61. The van der Waals surface area contributed by atoms with Gasteiger partial charge in [-0.15, -0.1) is 0 Å². The molecule has 1 N–H and O–H groups in total. The Bertz CT molecular complexity index is 541. The molecule has 116 valence electrons. The van der Waals surface area contributed by atoms with Crippen molar-refractivity contribution in [2.75, 3.05) is 26.9 Å². The molecule has 1 amide bonds. The van der Waals surface area contributed by atoms with Gasteiger partial charge in [-0.1, -0.05) is 0 Å². The van der Waals surface area contributed by atoms with E-state index in [2.05, 4.69) is 10.4 Å². The number of hydrogen-bond donors (Lipinski definition) is 1. The molecule has 1 heterocycles. The van der Waals surface area contributed by atoms with Gasteiger partial charge in [-0.3, -0.25) is 14.4 Å². The minimum Gasteiger partial charge on any atom is -0.466 e. The molecule has 0 bridgehead atoms. The van der Waals surface area contributed by atoms with E-state index in [0.717, 1.165) is 4.68 Å². The van der Waals surface area contributed by atoms with Crippen LogP contribution in [0.3, 0.4) is 0 Å². The van der Waals surface area contributed by atoms with Crippen molar-refractivity contribution in [2.45, 2.75) is 19.9 Å². The molecule has 0 saturated heterocycles. The van der Waals surface area contributed by atoms with Gasteiger partial charge in [0, 0.05) is 19.7 Å². The molecule has 8 heteroatoms. The standard InChI is InChI=1S/C13H19N3O5/c1-3-21-12(18)6-7-14-13(19)10-4-5-11(17)16(15-10)8-9-20-2/h4-5H,3,6-9H2,1-2H3,(H,14,19). The number of hydrogen-bond acceptors (Lipinski definition) is 6. The van der Waals surface area contributed by atoms with E-state index in [-0.39, 0.29) is 36.7 Å². The first-order chi connectivity index (χ1) is 10.1. The molecule has 0 radical (unpaired) electrons. The molecule has 0 aliphatic carbocycles. The molecule has 0 saturated carbocycles. The smallest absolute Gasteiger partial charge is 0.307 e. The Hall–Kier alpha value is -2.22. The van der Waals surface area contributed by atoms with E-state index < -0.39 is 5.91 Å². The molecule has 8 nitrogen and oxygen atoms in total. The normalized spacial score (nSPS) is 10.2. The van der Waals surface area contributed by atoms with Crippen LogP contribution in [0.5, 0.6) is 0 Å². The van der Waals surface area contributed by atoms with Gasteiger partial charge in [-0.2, -0.15) is 5.10 Å². The highest BCUT2D eigenvalue weighted by atomic mass is 16.5. The van der Waals surface area contributed by atoms with E-state index >= 15 is 0 Å². The Morgan fingerprint density at radius 1 is 1.38 bits per heavy atom. The Morgan fingerprint density at radius 3 is 2.81 bits per heavy atom. The van der Waals surface area contributed by atoms with Crippen LogP contribution in [-0.4, -0.2) is 48.5 Å². The molecular weight excluding hydrogens is 278 g/mol. The van der Waals surface area contributed by atoms with Gasteiger partial charge in [-0.05, 0) is 13.0 Å². The Morgan fingerprint density at radius 2 is 2.14 bits per heavy atom. The highest BCUT2D eigenvalue weighted by Crippen LogP contribution is 1.92. The molecule has 1 aromatic rings. The number of esters is 1. The zero-order valence-corrected chi connectivity index (χ0v) is 12.1. The number of aromatic nitrogens is 2. The molecule has 0 aliphatic heterocycles. The maximum atomic E-state index is 11.8. The molecule has 0 spiro atoms. The molecule has 1 rings (SSSR count). The highest BCUT2D eigenvalue weighted by Gasteiger charge is 2.10. The molecule has 0 aromatic carbocycles. The van der Waals surface area contributed by atoms with Gasteiger partial charge in [0.05, 0.1) is 26.2 Å². The van der Waals surface area contributed by atoms with E-state index in [1.165, 1.54) is 19.2 Å². The second kappa shape index (κ2) is 8.85. The lowest BCUT2D eigenvalue weighted by Gasteiger charge is -2.07. The van der Waals surface area contributed by atoms with E-state index in [1.54, 1.807) is 6.92 Å². The number of rotatable bonds is 8. The zero-order valence-electron chi connectivity index (χ0n) is 12.1. The topological polar surface area (TPSA) is 99.5 Å². The fraction of sp³-hybridized carbons (Fsp3) is 0.538. The van der Waals surface area contributed by atoms with Crippen molar-refractivity contribution in [3.8, 4) is 0 Å². The van der Waals surface area contributed by atoms with Gasteiger partial charge in [0.25, 0.3) is 11.5 Å². The maximum absolute atomic E-state index is 11.8. The lowest BCUT2D eigenvalue weighted by atomic mass is 10.3. The predicted molar refractivity (Wildman–Crippen MR) is 74.0 cm³/mol. The van der Waals surface area contributed by atoms with E-state index in [1.807, 2.05) is 0 Å². The van der Waals surface area contributed by atoms with Crippen molar-refractivity contribution in [1.82, 2.24) is 15.1 Å². The van der Waals surface area contributed by atoms with Crippen molar-refractivity contribution in [3.05, 3.63) is 28.2 Å². The van der Waals surface area contributed by atoms with Gasteiger partial charge in [-0.25, -0.2) is 4.68 Å². The van der Waals surface area contributed by atoms with Crippen LogP contribution in [0.2, 0.25) is 0 Å². The molecule has 0 unspecified atom stereocenters. The first-order valence-electron chi connectivity index (χ1n) is 6.59. The summed E-state index contributed by atoms with van der Waals surface area (Å²) >= 11 is 0. The van der Waals surface area contributed by atoms with Crippen LogP contribution in [0.15, 0.2) is 16.9 Å². The summed E-state index contributed by atoms with van der Waals surface area (Å²) in [5.41, 5.74) is -0.204. The van der Waals surface area contributed by atoms with Gasteiger partial charge < -0.3 is 14.8 Å². The fourth-order valence-electron chi connectivity index (χ4n) is 1.51. The summed E-state index contributed by atoms with van der Waals surface area (Å²) in [5.74, 6) is -0.832. The first kappa shape index (κ1) is 16.8. The van der Waals surface area contributed by atoms with Crippen LogP contribution in [0.25, 0.3) is 0 Å². The molecule has 21 heavy (non-hydrogen) atoms.